The van der Waals surface area contributed by atoms with Crippen LogP contribution in [0.15, 0.2) is 48.8 Å². The van der Waals surface area contributed by atoms with Gasteiger partial charge in [-0.2, -0.15) is 11.8 Å². The van der Waals surface area contributed by atoms with Gasteiger partial charge < -0.3 is 10.1 Å². The van der Waals surface area contributed by atoms with E-state index in [-0.39, 0.29) is 5.91 Å². The minimum Gasteiger partial charge on any atom is -0.438 e. The number of amides is 1. The molecule has 0 fully saturated rings. The Morgan fingerprint density at radius 3 is 2.75 bits per heavy atom. The first-order valence-electron chi connectivity index (χ1n) is 7.12. The zero-order chi connectivity index (χ0) is 16.9. The Morgan fingerprint density at radius 2 is 2.00 bits per heavy atom. The second kappa shape index (κ2) is 7.51. The summed E-state index contributed by atoms with van der Waals surface area (Å²) in [5.74, 6) is 1.46. The number of halogens is 1. The minimum absolute atomic E-state index is 0.0326. The molecule has 5 nitrogen and oxygen atoms in total. The Balaban J connectivity index is 1.78. The first kappa shape index (κ1) is 16.5. The van der Waals surface area contributed by atoms with Crippen LogP contribution >= 0.6 is 23.4 Å². The van der Waals surface area contributed by atoms with Crippen molar-refractivity contribution >= 4 is 45.9 Å². The van der Waals surface area contributed by atoms with Crippen molar-refractivity contribution in [3.63, 3.8) is 0 Å². The van der Waals surface area contributed by atoms with Crippen molar-refractivity contribution in [2.24, 2.45) is 0 Å². The molecule has 0 aliphatic rings. The number of aromatic nitrogens is 2. The number of hydrogen-bond acceptors (Lipinski definition) is 5. The average Bonchev–Trinajstić information content (AvgIpc) is 2.57. The van der Waals surface area contributed by atoms with Crippen LogP contribution in [0.1, 0.15) is 0 Å². The molecule has 122 valence electrons. The lowest BCUT2D eigenvalue weighted by atomic mass is 10.2. The summed E-state index contributed by atoms with van der Waals surface area (Å²) < 4.78 is 5.83. The molecule has 24 heavy (non-hydrogen) atoms. The highest BCUT2D eigenvalue weighted by Gasteiger charge is 2.07. The fourth-order valence-electron chi connectivity index (χ4n) is 2.13. The van der Waals surface area contributed by atoms with Gasteiger partial charge in [0, 0.05) is 10.7 Å². The number of anilines is 1. The van der Waals surface area contributed by atoms with E-state index < -0.39 is 0 Å². The van der Waals surface area contributed by atoms with Crippen molar-refractivity contribution < 1.29 is 9.53 Å². The van der Waals surface area contributed by atoms with Crippen LogP contribution in [0.25, 0.3) is 10.9 Å². The molecule has 2 aromatic carbocycles. The molecule has 0 unspecified atom stereocenters. The van der Waals surface area contributed by atoms with Crippen molar-refractivity contribution in [3.05, 3.63) is 53.8 Å². The van der Waals surface area contributed by atoms with E-state index in [1.165, 1.54) is 18.1 Å². The maximum absolute atomic E-state index is 11.6. The van der Waals surface area contributed by atoms with Crippen molar-refractivity contribution in [2.75, 3.05) is 17.3 Å². The molecular formula is C17H14ClN3O2S. The lowest BCUT2D eigenvalue weighted by molar-refractivity contribution is -0.113. The van der Waals surface area contributed by atoms with Gasteiger partial charge in [0.15, 0.2) is 0 Å². The zero-order valence-electron chi connectivity index (χ0n) is 12.8. The van der Waals surface area contributed by atoms with Gasteiger partial charge in [-0.3, -0.25) is 4.79 Å². The van der Waals surface area contributed by atoms with Crippen molar-refractivity contribution in [1.82, 2.24) is 9.97 Å². The van der Waals surface area contributed by atoms with Crippen molar-refractivity contribution in [3.8, 4) is 11.6 Å². The Kier molecular flexibility index (Phi) is 5.17. The summed E-state index contributed by atoms with van der Waals surface area (Å²) in [6.45, 7) is 0. The van der Waals surface area contributed by atoms with Gasteiger partial charge >= 0.3 is 0 Å². The second-order valence-electron chi connectivity index (χ2n) is 4.95. The molecule has 7 heteroatoms. The molecule has 1 amide bonds. The first-order chi connectivity index (χ1) is 11.7. The molecule has 0 atom stereocenters. The minimum atomic E-state index is -0.0326. The van der Waals surface area contributed by atoms with Crippen LogP contribution in [0.4, 0.5) is 5.69 Å². The highest BCUT2D eigenvalue weighted by atomic mass is 35.5. The number of rotatable bonds is 5. The molecule has 0 aliphatic carbocycles. The van der Waals surface area contributed by atoms with Gasteiger partial charge in [0.05, 0.1) is 16.7 Å². The normalized spacial score (nSPS) is 10.6. The van der Waals surface area contributed by atoms with E-state index in [4.69, 9.17) is 16.3 Å². The molecule has 0 saturated carbocycles. The van der Waals surface area contributed by atoms with E-state index in [1.54, 1.807) is 36.4 Å². The number of fused-ring (bicyclic) bond motifs is 1. The molecule has 1 heterocycles. The third-order valence-corrected chi connectivity index (χ3v) is 3.98. The van der Waals surface area contributed by atoms with Crippen molar-refractivity contribution in [2.45, 2.75) is 0 Å². The van der Waals surface area contributed by atoms with Crippen LogP contribution in [0, 0.1) is 0 Å². The van der Waals surface area contributed by atoms with E-state index in [2.05, 4.69) is 15.3 Å². The molecule has 0 radical (unpaired) electrons. The molecule has 1 N–H and O–H groups in total. The lowest BCUT2D eigenvalue weighted by Gasteiger charge is -2.09. The van der Waals surface area contributed by atoms with Gasteiger partial charge in [-0.25, -0.2) is 9.97 Å². The van der Waals surface area contributed by atoms with Gasteiger partial charge in [-0.05, 0) is 48.7 Å². The molecule has 3 rings (SSSR count). The number of benzene rings is 2. The number of carbonyl (C=O) groups is 1. The highest BCUT2D eigenvalue weighted by Crippen LogP contribution is 2.28. The van der Waals surface area contributed by atoms with Crippen LogP contribution in [-0.4, -0.2) is 27.9 Å². The van der Waals surface area contributed by atoms with E-state index in [0.29, 0.717) is 27.9 Å². The largest absolute Gasteiger partial charge is 0.438 e. The first-order valence-corrected chi connectivity index (χ1v) is 8.90. The third-order valence-electron chi connectivity index (χ3n) is 3.19. The van der Waals surface area contributed by atoms with E-state index in [0.717, 1.165) is 11.1 Å². The smallest absolute Gasteiger partial charge is 0.234 e. The summed E-state index contributed by atoms with van der Waals surface area (Å²) in [7, 11) is 0. The van der Waals surface area contributed by atoms with E-state index >= 15 is 0 Å². The van der Waals surface area contributed by atoms with Gasteiger partial charge in [0.25, 0.3) is 0 Å². The number of hydrogen-bond donors (Lipinski definition) is 1. The summed E-state index contributed by atoms with van der Waals surface area (Å²) in [6, 6.07) is 12.5. The summed E-state index contributed by atoms with van der Waals surface area (Å²) in [5, 5.41) is 4.20. The SMILES string of the molecule is CSCC(=O)Nc1ccc(Oc2ncnc3cc(Cl)ccc23)cc1. The van der Waals surface area contributed by atoms with Crippen LogP contribution in [0.2, 0.25) is 5.02 Å². The topological polar surface area (TPSA) is 64.1 Å². The number of nitrogens with one attached hydrogen (secondary N) is 1. The predicted octanol–water partition coefficient (Wildman–Crippen LogP) is 4.38. The van der Waals surface area contributed by atoms with Gasteiger partial charge in [0.2, 0.25) is 11.8 Å². The summed E-state index contributed by atoms with van der Waals surface area (Å²) in [6.07, 6.45) is 3.32. The molecule has 0 spiro atoms. The monoisotopic (exact) mass is 359 g/mol. The van der Waals surface area contributed by atoms with Gasteiger partial charge in [-0.1, -0.05) is 11.6 Å². The zero-order valence-corrected chi connectivity index (χ0v) is 14.4. The van der Waals surface area contributed by atoms with Crippen LogP contribution < -0.4 is 10.1 Å². The average molecular weight is 360 g/mol. The Hall–Kier alpha value is -2.31. The molecule has 0 aliphatic heterocycles. The van der Waals surface area contributed by atoms with Crippen LogP contribution in [-0.2, 0) is 4.79 Å². The maximum atomic E-state index is 11.6. The van der Waals surface area contributed by atoms with Gasteiger partial charge in [0.1, 0.15) is 12.1 Å². The number of thioether (sulfide) groups is 1. The maximum Gasteiger partial charge on any atom is 0.234 e. The standard InChI is InChI=1S/C17H14ClN3O2S/c1-24-9-16(22)21-12-3-5-13(6-4-12)23-17-14-7-2-11(18)8-15(14)19-10-20-17/h2-8,10H,9H2,1H3,(H,21,22). The van der Waals surface area contributed by atoms with Crippen molar-refractivity contribution in [1.29, 1.82) is 0 Å². The predicted molar refractivity (Wildman–Crippen MR) is 98.1 cm³/mol. The number of nitrogens with zero attached hydrogens (tertiary/aromatic N) is 2. The molecule has 1 aromatic heterocycles. The Bertz CT molecular complexity index is 871. The summed E-state index contributed by atoms with van der Waals surface area (Å²) in [4.78, 5) is 19.9. The molecule has 3 aromatic rings. The number of ether oxygens (including phenoxy) is 1. The lowest BCUT2D eigenvalue weighted by Crippen LogP contribution is -2.13. The van der Waals surface area contributed by atoms with Crippen LogP contribution in [0.5, 0.6) is 11.6 Å². The highest BCUT2D eigenvalue weighted by molar-refractivity contribution is 7.99. The fourth-order valence-corrected chi connectivity index (χ4v) is 2.63. The van der Waals surface area contributed by atoms with E-state index in [9.17, 15) is 4.79 Å². The summed E-state index contributed by atoms with van der Waals surface area (Å²) in [5.41, 5.74) is 1.44. The van der Waals surface area contributed by atoms with Crippen LogP contribution in [0.3, 0.4) is 0 Å². The second-order valence-corrected chi connectivity index (χ2v) is 6.25. The Morgan fingerprint density at radius 1 is 1.21 bits per heavy atom. The third kappa shape index (κ3) is 3.96. The Labute approximate surface area is 148 Å². The number of carbonyl (C=O) groups excluding carboxylic acids is 1. The van der Waals surface area contributed by atoms with E-state index in [1.807, 2.05) is 12.3 Å². The molecule has 0 bridgehead atoms. The fraction of sp³-hybridized carbons (Fsp3) is 0.118. The molecular weight excluding hydrogens is 346 g/mol. The summed E-state index contributed by atoms with van der Waals surface area (Å²) >= 11 is 7.45. The quantitative estimate of drug-likeness (QED) is 0.732. The molecule has 0 saturated heterocycles. The van der Waals surface area contributed by atoms with Gasteiger partial charge in [-0.15, -0.1) is 0 Å².